The monoisotopic (exact) mass is 199 g/mol. The fraction of sp³-hybridized carbons (Fsp3) is 0.909. The Bertz CT molecular complexity index is 192. The van der Waals surface area contributed by atoms with Crippen molar-refractivity contribution in [2.75, 3.05) is 20.6 Å². The van der Waals surface area contributed by atoms with Gasteiger partial charge >= 0.3 is 5.97 Å². The zero-order chi connectivity index (χ0) is 10.6. The van der Waals surface area contributed by atoms with Crippen LogP contribution in [0.5, 0.6) is 0 Å². The normalized spacial score (nSPS) is 27.7. The minimum Gasteiger partial charge on any atom is -0.462 e. The molecule has 0 aromatic heterocycles. The van der Waals surface area contributed by atoms with Crippen LogP contribution in [0.1, 0.15) is 32.6 Å². The Kier molecular flexibility index (Phi) is 4.39. The summed E-state index contributed by atoms with van der Waals surface area (Å²) in [6, 6.07) is 0. The number of carbonyl (C=O) groups excluding carboxylic acids is 1. The zero-order valence-corrected chi connectivity index (χ0v) is 9.45. The van der Waals surface area contributed by atoms with Gasteiger partial charge in [0.05, 0.1) is 0 Å². The van der Waals surface area contributed by atoms with E-state index in [1.807, 2.05) is 0 Å². The Labute approximate surface area is 86.4 Å². The molecule has 2 atom stereocenters. The zero-order valence-electron chi connectivity index (χ0n) is 9.45. The van der Waals surface area contributed by atoms with E-state index in [4.69, 9.17) is 4.74 Å². The number of rotatable bonds is 3. The summed E-state index contributed by atoms with van der Waals surface area (Å²) in [6.45, 7) is 2.53. The molecule has 3 heteroatoms. The Morgan fingerprint density at radius 1 is 1.36 bits per heavy atom. The van der Waals surface area contributed by atoms with Gasteiger partial charge in [-0.05, 0) is 33.4 Å². The first-order valence-corrected chi connectivity index (χ1v) is 5.41. The lowest BCUT2D eigenvalue weighted by Crippen LogP contribution is -2.36. The van der Waals surface area contributed by atoms with Gasteiger partial charge in [-0.2, -0.15) is 0 Å². The van der Waals surface area contributed by atoms with E-state index in [0.717, 1.165) is 13.0 Å². The number of ether oxygens (including phenoxy) is 1. The lowest BCUT2D eigenvalue weighted by molar-refractivity contribution is -0.151. The van der Waals surface area contributed by atoms with Crippen molar-refractivity contribution in [3.63, 3.8) is 0 Å². The van der Waals surface area contributed by atoms with Crippen molar-refractivity contribution >= 4 is 5.97 Å². The molecule has 82 valence electrons. The SMILES string of the molecule is CC(=O)O[C@@H]1CCCC[C@@H]1CN(C)C. The molecule has 0 aromatic carbocycles. The van der Waals surface area contributed by atoms with Crippen LogP contribution in [0.2, 0.25) is 0 Å². The summed E-state index contributed by atoms with van der Waals surface area (Å²) < 4.78 is 5.34. The average Bonchev–Trinajstić information content (AvgIpc) is 2.06. The molecule has 0 aliphatic heterocycles. The van der Waals surface area contributed by atoms with Crippen LogP contribution in [0.25, 0.3) is 0 Å². The van der Waals surface area contributed by atoms with Crippen LogP contribution in [-0.4, -0.2) is 37.6 Å². The summed E-state index contributed by atoms with van der Waals surface area (Å²) >= 11 is 0. The molecule has 0 spiro atoms. The van der Waals surface area contributed by atoms with Gasteiger partial charge in [-0.15, -0.1) is 0 Å². The molecule has 0 amide bonds. The van der Waals surface area contributed by atoms with E-state index in [9.17, 15) is 4.79 Å². The predicted molar refractivity (Wildman–Crippen MR) is 56.1 cm³/mol. The molecule has 1 saturated carbocycles. The Morgan fingerprint density at radius 2 is 2.00 bits per heavy atom. The minimum absolute atomic E-state index is 0.138. The molecule has 3 nitrogen and oxygen atoms in total. The highest BCUT2D eigenvalue weighted by molar-refractivity contribution is 5.66. The van der Waals surface area contributed by atoms with Crippen LogP contribution in [0.15, 0.2) is 0 Å². The van der Waals surface area contributed by atoms with Crippen molar-refractivity contribution in [3.8, 4) is 0 Å². The van der Waals surface area contributed by atoms with Gasteiger partial charge in [0.2, 0.25) is 0 Å². The van der Waals surface area contributed by atoms with Crippen molar-refractivity contribution in [1.82, 2.24) is 4.90 Å². The summed E-state index contributed by atoms with van der Waals surface area (Å²) in [7, 11) is 4.14. The molecule has 0 heterocycles. The third kappa shape index (κ3) is 3.66. The molecule has 0 aromatic rings. The first kappa shape index (κ1) is 11.5. The summed E-state index contributed by atoms with van der Waals surface area (Å²) in [6.07, 6.45) is 4.86. The van der Waals surface area contributed by atoms with Gasteiger partial charge in [0.1, 0.15) is 6.10 Å². The second-order valence-electron chi connectivity index (χ2n) is 4.45. The maximum Gasteiger partial charge on any atom is 0.302 e. The molecule has 14 heavy (non-hydrogen) atoms. The van der Waals surface area contributed by atoms with Crippen LogP contribution < -0.4 is 0 Å². The van der Waals surface area contributed by atoms with Crippen molar-refractivity contribution in [1.29, 1.82) is 0 Å². The highest BCUT2D eigenvalue weighted by atomic mass is 16.5. The van der Waals surface area contributed by atoms with Gasteiger partial charge in [-0.1, -0.05) is 6.42 Å². The second kappa shape index (κ2) is 5.35. The highest BCUT2D eigenvalue weighted by Gasteiger charge is 2.27. The third-order valence-corrected chi connectivity index (χ3v) is 2.76. The van der Waals surface area contributed by atoms with E-state index >= 15 is 0 Å². The number of hydrogen-bond acceptors (Lipinski definition) is 3. The van der Waals surface area contributed by atoms with E-state index < -0.39 is 0 Å². The Hall–Kier alpha value is -0.570. The Balaban J connectivity index is 2.45. The summed E-state index contributed by atoms with van der Waals surface area (Å²) in [4.78, 5) is 13.1. The molecule has 0 bridgehead atoms. The molecular formula is C11H21NO2. The van der Waals surface area contributed by atoms with Crippen LogP contribution in [0, 0.1) is 5.92 Å². The summed E-state index contributed by atoms with van der Waals surface area (Å²) in [5.41, 5.74) is 0. The lowest BCUT2D eigenvalue weighted by Gasteiger charge is -2.32. The Morgan fingerprint density at radius 3 is 2.57 bits per heavy atom. The molecule has 0 N–H and O–H groups in total. The molecule has 0 unspecified atom stereocenters. The predicted octanol–water partition coefficient (Wildman–Crippen LogP) is 1.67. The number of hydrogen-bond donors (Lipinski definition) is 0. The van der Waals surface area contributed by atoms with Crippen LogP contribution >= 0.6 is 0 Å². The van der Waals surface area contributed by atoms with E-state index in [-0.39, 0.29) is 12.1 Å². The second-order valence-corrected chi connectivity index (χ2v) is 4.45. The van der Waals surface area contributed by atoms with E-state index in [2.05, 4.69) is 19.0 Å². The van der Waals surface area contributed by atoms with Gasteiger partial charge in [0, 0.05) is 19.4 Å². The maximum absolute atomic E-state index is 10.9. The fourth-order valence-corrected chi connectivity index (χ4v) is 2.22. The fourth-order valence-electron chi connectivity index (χ4n) is 2.22. The van der Waals surface area contributed by atoms with Crippen LogP contribution in [-0.2, 0) is 9.53 Å². The first-order valence-electron chi connectivity index (χ1n) is 5.41. The van der Waals surface area contributed by atoms with Crippen molar-refractivity contribution in [2.45, 2.75) is 38.7 Å². The number of carbonyl (C=O) groups is 1. The molecule has 0 saturated heterocycles. The topological polar surface area (TPSA) is 29.5 Å². The van der Waals surface area contributed by atoms with Gasteiger partial charge in [-0.25, -0.2) is 0 Å². The summed E-state index contributed by atoms with van der Waals surface area (Å²) in [5.74, 6) is 0.392. The molecule has 1 rings (SSSR count). The lowest BCUT2D eigenvalue weighted by atomic mass is 9.86. The molecule has 0 radical (unpaired) electrons. The maximum atomic E-state index is 10.9. The summed E-state index contributed by atoms with van der Waals surface area (Å²) in [5, 5.41) is 0. The molecule has 1 aliphatic rings. The van der Waals surface area contributed by atoms with E-state index in [1.54, 1.807) is 0 Å². The first-order chi connectivity index (χ1) is 6.59. The van der Waals surface area contributed by atoms with Gasteiger partial charge in [0.15, 0.2) is 0 Å². The van der Waals surface area contributed by atoms with Gasteiger partial charge in [0.25, 0.3) is 0 Å². The number of nitrogens with zero attached hydrogens (tertiary/aromatic N) is 1. The molecular weight excluding hydrogens is 178 g/mol. The quantitative estimate of drug-likeness (QED) is 0.648. The highest BCUT2D eigenvalue weighted by Crippen LogP contribution is 2.27. The standard InChI is InChI=1S/C11H21NO2/c1-9(13)14-11-7-5-4-6-10(11)8-12(2)3/h10-11H,4-8H2,1-3H3/t10-,11-/m1/s1. The molecule has 1 fully saturated rings. The largest absolute Gasteiger partial charge is 0.462 e. The van der Waals surface area contributed by atoms with Crippen LogP contribution in [0.3, 0.4) is 0 Å². The van der Waals surface area contributed by atoms with Crippen molar-refractivity contribution in [2.24, 2.45) is 5.92 Å². The average molecular weight is 199 g/mol. The van der Waals surface area contributed by atoms with Crippen LogP contribution in [0.4, 0.5) is 0 Å². The van der Waals surface area contributed by atoms with E-state index in [1.165, 1.54) is 26.2 Å². The van der Waals surface area contributed by atoms with Gasteiger partial charge in [-0.3, -0.25) is 4.79 Å². The van der Waals surface area contributed by atoms with E-state index in [0.29, 0.717) is 5.92 Å². The smallest absolute Gasteiger partial charge is 0.302 e. The van der Waals surface area contributed by atoms with Crippen molar-refractivity contribution < 1.29 is 9.53 Å². The number of esters is 1. The minimum atomic E-state index is -0.138. The van der Waals surface area contributed by atoms with Gasteiger partial charge < -0.3 is 9.64 Å². The van der Waals surface area contributed by atoms with Crippen molar-refractivity contribution in [3.05, 3.63) is 0 Å². The third-order valence-electron chi connectivity index (χ3n) is 2.76. The molecule has 1 aliphatic carbocycles.